The van der Waals surface area contributed by atoms with Gasteiger partial charge in [0.05, 0.1) is 0 Å². The number of rotatable bonds is 4. The number of aryl methyl sites for hydroxylation is 1. The van der Waals surface area contributed by atoms with Crippen LogP contribution >= 0.6 is 11.6 Å². The summed E-state index contributed by atoms with van der Waals surface area (Å²) in [5, 5.41) is 3.46. The van der Waals surface area contributed by atoms with Gasteiger partial charge in [-0.1, -0.05) is 36.4 Å². The van der Waals surface area contributed by atoms with Crippen molar-refractivity contribution in [3.05, 3.63) is 70.8 Å². The van der Waals surface area contributed by atoms with Crippen LogP contribution in [0.4, 0.5) is 5.69 Å². The molecule has 138 valence electrons. The quantitative estimate of drug-likeness (QED) is 0.640. The third kappa shape index (κ3) is 3.43. The molecule has 0 bridgehead atoms. The van der Waals surface area contributed by atoms with Crippen LogP contribution < -0.4 is 10.1 Å². The summed E-state index contributed by atoms with van der Waals surface area (Å²) in [4.78, 5) is 23.6. The fourth-order valence-corrected chi connectivity index (χ4v) is 3.55. The van der Waals surface area contributed by atoms with Crippen LogP contribution in [-0.4, -0.2) is 18.5 Å². The van der Waals surface area contributed by atoms with Crippen LogP contribution in [-0.2, 0) is 26.3 Å². The second kappa shape index (κ2) is 6.74. The molecule has 0 saturated carbocycles. The molecule has 1 N–H and O–H groups in total. The first kappa shape index (κ1) is 17.6. The maximum atomic E-state index is 12.0. The molecule has 6 heteroatoms. The Morgan fingerprint density at radius 2 is 1.93 bits per heavy atom. The first-order valence-corrected chi connectivity index (χ1v) is 9.06. The van der Waals surface area contributed by atoms with E-state index < -0.39 is 11.6 Å². The molecule has 0 spiro atoms. The van der Waals surface area contributed by atoms with Crippen molar-refractivity contribution in [1.82, 2.24) is 0 Å². The highest BCUT2D eigenvalue weighted by Crippen LogP contribution is 2.40. The summed E-state index contributed by atoms with van der Waals surface area (Å²) in [5.74, 6) is 0.169. The van der Waals surface area contributed by atoms with Gasteiger partial charge in [0.15, 0.2) is 5.60 Å². The van der Waals surface area contributed by atoms with Crippen molar-refractivity contribution < 1.29 is 19.1 Å². The van der Waals surface area contributed by atoms with Crippen molar-refractivity contribution in [1.29, 1.82) is 0 Å². The van der Waals surface area contributed by atoms with Crippen LogP contribution in [0.5, 0.6) is 5.75 Å². The minimum Gasteiger partial charge on any atom is -0.489 e. The van der Waals surface area contributed by atoms with E-state index in [-0.39, 0.29) is 12.5 Å². The Kier molecular flexibility index (Phi) is 4.40. The molecule has 1 unspecified atom stereocenters. The Morgan fingerprint density at radius 3 is 2.63 bits per heavy atom. The maximum Gasteiger partial charge on any atom is 0.334 e. The van der Waals surface area contributed by atoms with Gasteiger partial charge < -0.3 is 14.8 Å². The zero-order chi connectivity index (χ0) is 19.0. The second-order valence-electron chi connectivity index (χ2n) is 6.83. The number of cyclic esters (lactones) is 1. The highest BCUT2D eigenvalue weighted by molar-refractivity contribution is 6.30. The molecule has 1 atom stereocenters. The summed E-state index contributed by atoms with van der Waals surface area (Å²) in [7, 11) is 0. The van der Waals surface area contributed by atoms with Gasteiger partial charge in [0.1, 0.15) is 12.4 Å². The number of nitrogens with one attached hydrogen (secondary N) is 1. The number of fused-ring (bicyclic) bond motifs is 1. The van der Waals surface area contributed by atoms with E-state index in [9.17, 15) is 9.59 Å². The zero-order valence-corrected chi connectivity index (χ0v) is 15.3. The third-order valence-corrected chi connectivity index (χ3v) is 5.15. The minimum atomic E-state index is -0.947. The predicted molar refractivity (Wildman–Crippen MR) is 102 cm³/mol. The summed E-state index contributed by atoms with van der Waals surface area (Å²) in [6.07, 6.45) is 1.55. The molecule has 2 aliphatic heterocycles. The Hall–Kier alpha value is -2.79. The van der Waals surface area contributed by atoms with E-state index in [1.54, 1.807) is 18.2 Å². The molecular formula is C21H18ClNO4. The summed E-state index contributed by atoms with van der Waals surface area (Å²) < 4.78 is 11.6. The lowest BCUT2D eigenvalue weighted by molar-refractivity contribution is -0.150. The molecule has 2 aliphatic rings. The molecule has 2 heterocycles. The van der Waals surface area contributed by atoms with Crippen molar-refractivity contribution >= 4 is 29.2 Å². The first-order chi connectivity index (χ1) is 12.9. The smallest absolute Gasteiger partial charge is 0.334 e. The fraction of sp³-hybridized carbons (Fsp3) is 0.238. The first-order valence-electron chi connectivity index (χ1n) is 8.68. The van der Waals surface area contributed by atoms with E-state index >= 15 is 0 Å². The molecule has 5 nitrogen and oxygen atoms in total. The molecule has 0 aliphatic carbocycles. The van der Waals surface area contributed by atoms with E-state index in [0.29, 0.717) is 35.6 Å². The van der Waals surface area contributed by atoms with Gasteiger partial charge in [-0.15, -0.1) is 0 Å². The number of benzene rings is 2. The van der Waals surface area contributed by atoms with Crippen LogP contribution in [0.2, 0.25) is 5.02 Å². The number of hydrogen-bond acceptors (Lipinski definition) is 4. The molecule has 1 saturated heterocycles. The molecule has 4 rings (SSSR count). The summed E-state index contributed by atoms with van der Waals surface area (Å²) in [6.45, 7) is 3.92. The molecule has 27 heavy (non-hydrogen) atoms. The van der Waals surface area contributed by atoms with Crippen LogP contribution in [0.15, 0.2) is 54.6 Å². The van der Waals surface area contributed by atoms with E-state index in [0.717, 1.165) is 16.8 Å². The molecule has 1 fully saturated rings. The standard InChI is InChI=1S/C21H18ClNO4/c1-13-11-21(27-20(13)25,15-4-6-16(22)7-5-15)12-26-17-8-2-14-3-9-19(24)23-18(14)10-17/h2,4-8,10H,1,3,9,11-12H2,(H,23,24). The van der Waals surface area contributed by atoms with Crippen molar-refractivity contribution in [2.45, 2.75) is 24.9 Å². The van der Waals surface area contributed by atoms with Crippen molar-refractivity contribution in [2.24, 2.45) is 0 Å². The molecular weight excluding hydrogens is 366 g/mol. The van der Waals surface area contributed by atoms with E-state index in [4.69, 9.17) is 21.1 Å². The number of hydrogen-bond donors (Lipinski definition) is 1. The summed E-state index contributed by atoms with van der Waals surface area (Å²) in [6, 6.07) is 12.8. The number of ether oxygens (including phenoxy) is 2. The average Bonchev–Trinajstić information content (AvgIpc) is 2.95. The van der Waals surface area contributed by atoms with Crippen LogP contribution in [0.1, 0.15) is 24.0 Å². The molecule has 1 amide bonds. The summed E-state index contributed by atoms with van der Waals surface area (Å²) >= 11 is 5.98. The SMILES string of the molecule is C=C1CC(COc2ccc3c(c2)NC(=O)CC3)(c2ccc(Cl)cc2)OC1=O. The van der Waals surface area contributed by atoms with Crippen molar-refractivity contribution in [2.75, 3.05) is 11.9 Å². The lowest BCUT2D eigenvalue weighted by atomic mass is 9.90. The van der Waals surface area contributed by atoms with E-state index in [1.165, 1.54) is 0 Å². The van der Waals surface area contributed by atoms with E-state index in [2.05, 4.69) is 11.9 Å². The number of anilines is 1. The van der Waals surface area contributed by atoms with E-state index in [1.807, 2.05) is 24.3 Å². The lowest BCUT2D eigenvalue weighted by Crippen LogP contribution is -2.33. The second-order valence-corrected chi connectivity index (χ2v) is 7.26. The fourth-order valence-electron chi connectivity index (χ4n) is 3.42. The van der Waals surface area contributed by atoms with Crippen LogP contribution in [0.25, 0.3) is 0 Å². The lowest BCUT2D eigenvalue weighted by Gasteiger charge is -2.28. The topological polar surface area (TPSA) is 64.6 Å². The van der Waals surface area contributed by atoms with Crippen LogP contribution in [0.3, 0.4) is 0 Å². The number of esters is 1. The van der Waals surface area contributed by atoms with Gasteiger partial charge >= 0.3 is 5.97 Å². The normalized spacial score (nSPS) is 21.4. The largest absolute Gasteiger partial charge is 0.489 e. The van der Waals surface area contributed by atoms with Gasteiger partial charge in [-0.2, -0.15) is 0 Å². The molecule has 0 radical (unpaired) electrons. The highest BCUT2D eigenvalue weighted by Gasteiger charge is 2.45. The minimum absolute atomic E-state index is 0.00157. The zero-order valence-electron chi connectivity index (χ0n) is 14.6. The van der Waals surface area contributed by atoms with Crippen LogP contribution in [0, 0.1) is 0 Å². The Balaban J connectivity index is 1.59. The van der Waals surface area contributed by atoms with Gasteiger partial charge in [0.25, 0.3) is 0 Å². The van der Waals surface area contributed by atoms with Gasteiger partial charge in [0.2, 0.25) is 5.91 Å². The number of amides is 1. The monoisotopic (exact) mass is 383 g/mol. The molecule has 0 aromatic heterocycles. The van der Waals surface area contributed by atoms with Gasteiger partial charge in [-0.05, 0) is 35.7 Å². The Labute approximate surface area is 161 Å². The number of carbonyl (C=O) groups is 2. The molecule has 2 aromatic carbocycles. The maximum absolute atomic E-state index is 12.0. The number of halogens is 1. The van der Waals surface area contributed by atoms with Gasteiger partial charge in [-0.25, -0.2) is 4.79 Å². The Morgan fingerprint density at radius 1 is 1.15 bits per heavy atom. The van der Waals surface area contributed by atoms with Gasteiger partial charge in [0, 0.05) is 35.2 Å². The predicted octanol–water partition coefficient (Wildman–Crippen LogP) is 4.00. The third-order valence-electron chi connectivity index (χ3n) is 4.89. The Bertz CT molecular complexity index is 920. The molecule has 2 aromatic rings. The highest BCUT2D eigenvalue weighted by atomic mass is 35.5. The average molecular weight is 384 g/mol. The van der Waals surface area contributed by atoms with Crippen molar-refractivity contribution in [3.63, 3.8) is 0 Å². The number of carbonyl (C=O) groups excluding carboxylic acids is 2. The summed E-state index contributed by atoms with van der Waals surface area (Å²) in [5.41, 5.74) is 2.10. The van der Waals surface area contributed by atoms with Crippen molar-refractivity contribution in [3.8, 4) is 5.75 Å². The van der Waals surface area contributed by atoms with Gasteiger partial charge in [-0.3, -0.25) is 4.79 Å².